The van der Waals surface area contributed by atoms with E-state index in [1.54, 1.807) is 0 Å². The summed E-state index contributed by atoms with van der Waals surface area (Å²) in [7, 11) is 1.41. The summed E-state index contributed by atoms with van der Waals surface area (Å²) < 4.78 is 4.83. The molecule has 0 unspecified atom stereocenters. The zero-order valence-electron chi connectivity index (χ0n) is 15.4. The lowest BCUT2D eigenvalue weighted by Crippen LogP contribution is -2.33. The van der Waals surface area contributed by atoms with Gasteiger partial charge in [0.05, 0.1) is 7.11 Å². The van der Waals surface area contributed by atoms with Gasteiger partial charge < -0.3 is 10.1 Å². The van der Waals surface area contributed by atoms with Gasteiger partial charge in [-0.25, -0.2) is 0 Å². The van der Waals surface area contributed by atoms with Crippen LogP contribution in [-0.2, 0) is 9.53 Å². The van der Waals surface area contributed by atoms with Gasteiger partial charge in [0.2, 0.25) is 0 Å². The van der Waals surface area contributed by atoms with Crippen molar-refractivity contribution in [1.82, 2.24) is 5.32 Å². The number of hydrogen-bond acceptors (Lipinski definition) is 4. The highest BCUT2D eigenvalue weighted by Gasteiger charge is 2.30. The van der Waals surface area contributed by atoms with Crippen LogP contribution < -0.4 is 5.32 Å². The molecule has 0 aromatic heterocycles. The summed E-state index contributed by atoms with van der Waals surface area (Å²) in [5.74, 6) is -0.245. The quantitative estimate of drug-likeness (QED) is 0.268. The molecule has 0 fully saturated rings. The van der Waals surface area contributed by atoms with Gasteiger partial charge in [0.15, 0.2) is 0 Å². The average Bonchev–Trinajstić information content (AvgIpc) is 2.51. The standard InChI is InChI=1S/C18H35NO2S2/c1-5-6-7-8-9-10-11-12-13-14-15-19-17(22)23-18(2,3)16(20)21-4/h5-15H2,1-4H3,(H,19,22). The molecule has 0 saturated carbocycles. The Morgan fingerprint density at radius 2 is 1.48 bits per heavy atom. The Balaban J connectivity index is 3.48. The average molecular weight is 362 g/mol. The van der Waals surface area contributed by atoms with E-state index in [9.17, 15) is 4.79 Å². The summed E-state index contributed by atoms with van der Waals surface area (Å²) >= 11 is 6.65. The number of methoxy groups -OCH3 is 1. The number of unbranched alkanes of at least 4 members (excludes halogenated alkanes) is 9. The van der Waals surface area contributed by atoms with Crippen molar-refractivity contribution in [1.29, 1.82) is 0 Å². The van der Waals surface area contributed by atoms with Gasteiger partial charge in [0, 0.05) is 6.54 Å². The van der Waals surface area contributed by atoms with Crippen LogP contribution >= 0.6 is 24.0 Å². The van der Waals surface area contributed by atoms with Gasteiger partial charge in [-0.2, -0.15) is 0 Å². The molecule has 0 aliphatic heterocycles. The number of hydrogen-bond donors (Lipinski definition) is 1. The molecular formula is C18H35NO2S2. The Labute approximate surface area is 152 Å². The Bertz CT molecular complexity index is 333. The van der Waals surface area contributed by atoms with Crippen molar-refractivity contribution in [2.24, 2.45) is 0 Å². The van der Waals surface area contributed by atoms with Crippen molar-refractivity contribution in [2.75, 3.05) is 13.7 Å². The first kappa shape index (κ1) is 22.7. The number of nitrogens with one attached hydrogen (secondary N) is 1. The fourth-order valence-electron chi connectivity index (χ4n) is 2.36. The molecule has 5 heteroatoms. The molecule has 1 N–H and O–H groups in total. The van der Waals surface area contributed by atoms with E-state index >= 15 is 0 Å². The Morgan fingerprint density at radius 3 is 1.96 bits per heavy atom. The van der Waals surface area contributed by atoms with Gasteiger partial charge >= 0.3 is 5.97 Å². The third kappa shape index (κ3) is 12.8. The lowest BCUT2D eigenvalue weighted by Gasteiger charge is -2.21. The molecule has 0 rings (SSSR count). The number of rotatable bonds is 13. The normalized spacial score (nSPS) is 11.3. The van der Waals surface area contributed by atoms with Gasteiger partial charge in [-0.15, -0.1) is 0 Å². The molecule has 3 nitrogen and oxygen atoms in total. The highest BCUT2D eigenvalue weighted by atomic mass is 32.2. The van der Waals surface area contributed by atoms with E-state index in [0.29, 0.717) is 4.32 Å². The maximum absolute atomic E-state index is 11.6. The first-order valence-electron chi connectivity index (χ1n) is 8.99. The minimum Gasteiger partial charge on any atom is -0.468 e. The minimum atomic E-state index is -0.628. The second-order valence-corrected chi connectivity index (χ2v) is 8.80. The van der Waals surface area contributed by atoms with Crippen LogP contribution in [0.4, 0.5) is 0 Å². The van der Waals surface area contributed by atoms with E-state index in [4.69, 9.17) is 17.0 Å². The molecule has 0 bridgehead atoms. The Morgan fingerprint density at radius 1 is 1.00 bits per heavy atom. The van der Waals surface area contributed by atoms with Crippen molar-refractivity contribution in [3.05, 3.63) is 0 Å². The van der Waals surface area contributed by atoms with Gasteiger partial charge in [-0.05, 0) is 20.3 Å². The highest BCUT2D eigenvalue weighted by Crippen LogP contribution is 2.26. The first-order valence-corrected chi connectivity index (χ1v) is 10.2. The highest BCUT2D eigenvalue weighted by molar-refractivity contribution is 8.24. The largest absolute Gasteiger partial charge is 0.468 e. The smallest absolute Gasteiger partial charge is 0.321 e. The van der Waals surface area contributed by atoms with Crippen molar-refractivity contribution in [2.45, 2.75) is 89.7 Å². The molecule has 0 spiro atoms. The van der Waals surface area contributed by atoms with Gasteiger partial charge in [0.1, 0.15) is 9.07 Å². The van der Waals surface area contributed by atoms with Crippen LogP contribution in [0.25, 0.3) is 0 Å². The molecule has 0 radical (unpaired) electrons. The maximum Gasteiger partial charge on any atom is 0.321 e. The molecule has 0 atom stereocenters. The summed E-state index contributed by atoms with van der Waals surface area (Å²) in [4.78, 5) is 11.6. The van der Waals surface area contributed by atoms with Crippen LogP contribution in [0.2, 0.25) is 0 Å². The zero-order chi connectivity index (χ0) is 17.6. The van der Waals surface area contributed by atoms with Crippen LogP contribution in [-0.4, -0.2) is 28.7 Å². The zero-order valence-corrected chi connectivity index (χ0v) is 17.0. The van der Waals surface area contributed by atoms with Crippen molar-refractivity contribution in [3.8, 4) is 0 Å². The number of carbonyl (C=O) groups excluding carboxylic acids is 1. The third-order valence-corrected chi connectivity index (χ3v) is 5.23. The van der Waals surface area contributed by atoms with E-state index in [0.717, 1.165) is 13.0 Å². The van der Waals surface area contributed by atoms with Crippen LogP contribution in [0, 0.1) is 0 Å². The van der Waals surface area contributed by atoms with E-state index in [2.05, 4.69) is 12.2 Å². The fraction of sp³-hybridized carbons (Fsp3) is 0.889. The molecular weight excluding hydrogens is 326 g/mol. The molecule has 0 aromatic carbocycles. The molecule has 23 heavy (non-hydrogen) atoms. The second kappa shape index (κ2) is 14.1. The second-order valence-electron chi connectivity index (χ2n) is 6.50. The molecule has 0 aliphatic carbocycles. The number of esters is 1. The van der Waals surface area contributed by atoms with Gasteiger partial charge in [-0.1, -0.05) is 88.7 Å². The topological polar surface area (TPSA) is 38.3 Å². The minimum absolute atomic E-state index is 0.245. The summed E-state index contributed by atoms with van der Waals surface area (Å²) in [5.41, 5.74) is 0. The summed E-state index contributed by atoms with van der Waals surface area (Å²) in [5, 5.41) is 3.23. The third-order valence-electron chi connectivity index (χ3n) is 3.82. The molecule has 0 amide bonds. The predicted molar refractivity (Wildman–Crippen MR) is 106 cm³/mol. The predicted octanol–water partition coefficient (Wildman–Crippen LogP) is 5.47. The summed E-state index contributed by atoms with van der Waals surface area (Å²) in [6.45, 7) is 6.81. The van der Waals surface area contributed by atoms with E-state index in [1.165, 1.54) is 76.7 Å². The summed E-state index contributed by atoms with van der Waals surface area (Å²) in [6, 6.07) is 0. The van der Waals surface area contributed by atoms with Crippen LogP contribution in [0.3, 0.4) is 0 Å². The maximum atomic E-state index is 11.6. The van der Waals surface area contributed by atoms with Crippen LogP contribution in [0.15, 0.2) is 0 Å². The van der Waals surface area contributed by atoms with Gasteiger partial charge in [-0.3, -0.25) is 4.79 Å². The van der Waals surface area contributed by atoms with Gasteiger partial charge in [0.25, 0.3) is 0 Å². The van der Waals surface area contributed by atoms with Crippen LogP contribution in [0.5, 0.6) is 0 Å². The lowest BCUT2D eigenvalue weighted by molar-refractivity contribution is -0.142. The fourth-order valence-corrected chi connectivity index (χ4v) is 3.89. The monoisotopic (exact) mass is 361 g/mol. The molecule has 0 saturated heterocycles. The van der Waals surface area contributed by atoms with Crippen molar-refractivity contribution in [3.63, 3.8) is 0 Å². The van der Waals surface area contributed by atoms with Crippen LogP contribution in [0.1, 0.15) is 85.0 Å². The summed E-state index contributed by atoms with van der Waals surface area (Å²) in [6.07, 6.45) is 13.3. The first-order chi connectivity index (χ1) is 10.9. The lowest BCUT2D eigenvalue weighted by atomic mass is 10.1. The number of thioether (sulfide) groups is 1. The Kier molecular flexibility index (Phi) is 13.9. The molecule has 0 heterocycles. The molecule has 0 aliphatic rings. The van der Waals surface area contributed by atoms with E-state index < -0.39 is 4.75 Å². The van der Waals surface area contributed by atoms with E-state index in [1.807, 2.05) is 13.8 Å². The SMILES string of the molecule is CCCCCCCCCCCCNC(=S)SC(C)(C)C(=O)OC. The molecule has 0 aromatic rings. The van der Waals surface area contributed by atoms with E-state index in [-0.39, 0.29) is 5.97 Å². The molecule has 136 valence electrons. The van der Waals surface area contributed by atoms with Crippen molar-refractivity contribution < 1.29 is 9.53 Å². The number of ether oxygens (including phenoxy) is 1. The Hall–Kier alpha value is -0.290. The number of thiocarbonyl (C=S) groups is 1. The van der Waals surface area contributed by atoms with Crippen molar-refractivity contribution >= 4 is 34.3 Å². The number of carbonyl (C=O) groups is 1.